The van der Waals surface area contributed by atoms with E-state index in [2.05, 4.69) is 200 Å². The fraction of sp³-hybridized carbons (Fsp3) is 0.0125. The third-order valence-corrected chi connectivity index (χ3v) is 18.5. The van der Waals surface area contributed by atoms with Crippen LogP contribution in [0.3, 0.4) is 0 Å². The van der Waals surface area contributed by atoms with Gasteiger partial charge in [-0.25, -0.2) is 0 Å². The standard InChI is InChI=1S/C35H20N2O2S2.3C15H10N.Ir/c1-3-11-23-21(9-1)17-19-25-31(23)38-35(36-27-13-5-7-15-29(27)40-33(25)36)37-28-14-6-8-16-30(28)41-34(37)26-20-18-22-10-2-4-12-24(22)32(26)39-35;3*1-2-7-13(8-3-1)15-14-9-5-4-6-12(14)10-11-16-15;/h1-20H;3*1-7,9-11H;/q+2;3*-1;+3. The van der Waals surface area contributed by atoms with Crippen molar-refractivity contribution in [3.63, 3.8) is 0 Å². The molecule has 0 unspecified atom stereocenters. The molecular formula is C80H50IrN5O2S2+2. The van der Waals surface area contributed by atoms with Crippen LogP contribution in [0, 0.1) is 18.2 Å². The molecule has 1 spiro atoms. The second-order valence-electron chi connectivity index (χ2n) is 21.5. The van der Waals surface area contributed by atoms with E-state index in [0.717, 1.165) is 99.0 Å². The molecule has 0 amide bonds. The maximum atomic E-state index is 7.38. The number of nitrogens with zero attached hydrogens (tertiary/aromatic N) is 5. The van der Waals surface area contributed by atoms with E-state index in [1.807, 2.05) is 146 Å². The zero-order valence-electron chi connectivity index (χ0n) is 48.1. The molecule has 0 N–H and O–H groups in total. The molecule has 0 aliphatic carbocycles. The number of para-hydroxylation sites is 2. The quantitative estimate of drug-likeness (QED) is 0.130. The van der Waals surface area contributed by atoms with Crippen molar-refractivity contribution in [3.8, 4) is 66.4 Å². The minimum atomic E-state index is -1.32. The van der Waals surface area contributed by atoms with Gasteiger partial charge < -0.3 is 24.4 Å². The summed E-state index contributed by atoms with van der Waals surface area (Å²) >= 11 is 3.56. The molecule has 19 rings (SSSR count). The fourth-order valence-corrected chi connectivity index (χ4v) is 14.5. The molecule has 0 radical (unpaired) electrons. The summed E-state index contributed by atoms with van der Waals surface area (Å²) < 4.78 is 21.7. The molecular weight excluding hydrogens is 1320 g/mol. The van der Waals surface area contributed by atoms with Gasteiger partial charge in [0.1, 0.15) is 20.5 Å². The summed E-state index contributed by atoms with van der Waals surface area (Å²) in [4.78, 5) is 13.3. The Labute approximate surface area is 541 Å². The number of hydrogen-bond donors (Lipinski definition) is 0. The number of hydrogen-bond acceptors (Lipinski definition) is 7. The molecule has 0 fully saturated rings. The first kappa shape index (κ1) is 56.0. The molecule has 0 saturated carbocycles. The van der Waals surface area contributed by atoms with E-state index in [0.29, 0.717) is 0 Å². The first-order valence-corrected chi connectivity index (χ1v) is 31.0. The van der Waals surface area contributed by atoms with Crippen LogP contribution in [0.4, 0.5) is 0 Å². The molecule has 2 aliphatic heterocycles. The molecule has 0 bridgehead atoms. The summed E-state index contributed by atoms with van der Waals surface area (Å²) in [7, 11) is 0. The number of pyridine rings is 3. The number of thiazole rings is 2. The predicted octanol–water partition coefficient (Wildman–Crippen LogP) is 19.3. The second kappa shape index (κ2) is 24.2. The molecule has 90 heavy (non-hydrogen) atoms. The molecule has 0 atom stereocenters. The van der Waals surface area contributed by atoms with Gasteiger partial charge in [-0.1, -0.05) is 180 Å². The molecule has 5 aromatic heterocycles. The first-order valence-electron chi connectivity index (χ1n) is 29.4. The van der Waals surface area contributed by atoms with E-state index < -0.39 is 6.03 Å². The minimum Gasteiger partial charge on any atom is -0.339 e. The number of ether oxygens (including phenoxy) is 2. The Morgan fingerprint density at radius 2 is 0.622 bits per heavy atom. The Hall–Kier alpha value is -10.6. The van der Waals surface area contributed by atoms with Crippen LogP contribution in [0.25, 0.3) is 129 Å². The zero-order chi connectivity index (χ0) is 59.1. The third-order valence-electron chi connectivity index (χ3n) is 16.2. The summed E-state index contributed by atoms with van der Waals surface area (Å²) in [6, 6.07) is 106. The van der Waals surface area contributed by atoms with E-state index in [9.17, 15) is 0 Å². The van der Waals surface area contributed by atoms with Gasteiger partial charge in [-0.05, 0) is 112 Å². The average Bonchev–Trinajstić information content (AvgIpc) is 1.42. The fourth-order valence-electron chi connectivity index (χ4n) is 12.1. The van der Waals surface area contributed by atoms with Gasteiger partial charge in [0, 0.05) is 41.5 Å². The zero-order valence-corrected chi connectivity index (χ0v) is 52.1. The van der Waals surface area contributed by atoms with Crippen LogP contribution in [0.15, 0.2) is 304 Å². The Balaban J connectivity index is 0.000000114. The van der Waals surface area contributed by atoms with Crippen molar-refractivity contribution < 1.29 is 38.7 Å². The Morgan fingerprint density at radius 3 is 0.978 bits per heavy atom. The van der Waals surface area contributed by atoms with Crippen molar-refractivity contribution in [1.29, 1.82) is 0 Å². The Kier molecular flexibility index (Phi) is 15.0. The molecule has 2 aliphatic rings. The summed E-state index contributed by atoms with van der Waals surface area (Å²) in [6.07, 6.45) is 5.54. The van der Waals surface area contributed by atoms with E-state index >= 15 is 0 Å². The molecule has 12 aromatic carbocycles. The number of fused-ring (bicyclic) bond motifs is 19. The van der Waals surface area contributed by atoms with Gasteiger partial charge in [0.15, 0.2) is 11.5 Å². The second-order valence-corrected chi connectivity index (χ2v) is 23.5. The predicted molar refractivity (Wildman–Crippen MR) is 363 cm³/mol. The normalized spacial score (nSPS) is 12.2. The van der Waals surface area contributed by atoms with Gasteiger partial charge in [0.2, 0.25) is 11.0 Å². The first-order chi connectivity index (χ1) is 44.1. The summed E-state index contributed by atoms with van der Waals surface area (Å²) in [5, 5.41) is 13.8. The van der Waals surface area contributed by atoms with Crippen LogP contribution >= 0.6 is 22.7 Å². The van der Waals surface area contributed by atoms with Gasteiger partial charge in [0.05, 0.1) is 0 Å². The smallest absolute Gasteiger partial charge is 0.339 e. The molecule has 7 heterocycles. The Bertz CT molecular complexity index is 5030. The van der Waals surface area contributed by atoms with Gasteiger partial charge >= 0.3 is 26.1 Å². The van der Waals surface area contributed by atoms with Crippen LogP contribution in [-0.2, 0) is 26.1 Å². The largest absolute Gasteiger partial charge is 3.00 e. The number of benzene rings is 12. The monoisotopic (exact) mass is 1370 g/mol. The van der Waals surface area contributed by atoms with Crippen LogP contribution in [0.5, 0.6) is 11.5 Å². The molecule has 0 saturated heterocycles. The summed E-state index contributed by atoms with van der Waals surface area (Å²) in [6.45, 7) is 0. The SMILES string of the molecule is [Ir+3].[c-]1ccccc1-c1nccc2ccccc12.[c-]1ccccc1-c1nccc2ccccc12.[c-]1ccccc1-c1nccc2ccccc12.c1ccc2c3c(ccc2c1)-c1sc2ccccc2[n+]1C1(O3)Oc2c(ccc3ccccc23)-c2sc3ccccc3[n+]21. The van der Waals surface area contributed by atoms with Crippen molar-refractivity contribution in [1.82, 2.24) is 15.0 Å². The van der Waals surface area contributed by atoms with Crippen LogP contribution in [0.2, 0.25) is 0 Å². The van der Waals surface area contributed by atoms with Crippen LogP contribution in [0.1, 0.15) is 0 Å². The minimum absolute atomic E-state index is 0. The van der Waals surface area contributed by atoms with Crippen molar-refractivity contribution in [3.05, 3.63) is 322 Å². The maximum Gasteiger partial charge on any atom is 3.00 e. The summed E-state index contributed by atoms with van der Waals surface area (Å²) in [5.41, 5.74) is 10.4. The summed E-state index contributed by atoms with van der Waals surface area (Å²) in [5.74, 6) is 1.68. The molecule has 10 heteroatoms. The van der Waals surface area contributed by atoms with Gasteiger partial charge in [-0.15, -0.1) is 108 Å². The maximum absolute atomic E-state index is 7.38. The molecule has 7 nitrogen and oxygen atoms in total. The molecule has 426 valence electrons. The topological polar surface area (TPSA) is 64.9 Å². The Morgan fingerprint density at radius 1 is 0.311 bits per heavy atom. The van der Waals surface area contributed by atoms with Crippen LogP contribution < -0.4 is 18.6 Å². The van der Waals surface area contributed by atoms with Crippen molar-refractivity contribution in [2.75, 3.05) is 0 Å². The van der Waals surface area contributed by atoms with E-state index in [1.165, 1.54) is 41.7 Å². The van der Waals surface area contributed by atoms with E-state index in [-0.39, 0.29) is 20.1 Å². The van der Waals surface area contributed by atoms with Gasteiger partial charge in [-0.2, -0.15) is 0 Å². The van der Waals surface area contributed by atoms with Crippen LogP contribution in [-0.4, -0.2) is 15.0 Å². The van der Waals surface area contributed by atoms with E-state index in [1.54, 1.807) is 22.7 Å². The van der Waals surface area contributed by atoms with Crippen molar-refractivity contribution in [2.24, 2.45) is 0 Å². The van der Waals surface area contributed by atoms with Gasteiger partial charge in [-0.3, -0.25) is 0 Å². The number of aromatic nitrogens is 5. The van der Waals surface area contributed by atoms with E-state index in [4.69, 9.17) is 9.47 Å². The third kappa shape index (κ3) is 10.0. The van der Waals surface area contributed by atoms with Crippen molar-refractivity contribution >= 4 is 97.0 Å². The average molecular weight is 1370 g/mol. The van der Waals surface area contributed by atoms with Crippen molar-refractivity contribution in [2.45, 2.75) is 6.03 Å². The van der Waals surface area contributed by atoms with Gasteiger partial charge in [0.25, 0.3) is 10.0 Å². The number of rotatable bonds is 3. The molecule has 17 aromatic rings.